The Labute approximate surface area is 242 Å². The normalized spacial score (nSPS) is 11.9. The molecule has 0 spiro atoms. The molecular weight excluding hydrogens is 515 g/mol. The van der Waals surface area contributed by atoms with Crippen LogP contribution in [-0.4, -0.2) is 20.1 Å². The first-order chi connectivity index (χ1) is 17.9. The lowest BCUT2D eigenvalue weighted by Crippen LogP contribution is -1.88. The molecule has 0 fully saturated rings. The SMILES string of the molecule is O=P(O)(O)CCCCCCCCCCCCCCCCCCCCCCCCCCCCCCC(=S)S. The molecule has 0 aliphatic rings. The molecule has 0 atom stereocenters. The van der Waals surface area contributed by atoms with Gasteiger partial charge < -0.3 is 9.79 Å². The third kappa shape index (κ3) is 36.6. The number of hydrogen-bond acceptors (Lipinski definition) is 2. The van der Waals surface area contributed by atoms with Gasteiger partial charge in [0.25, 0.3) is 0 Å². The number of rotatable bonds is 31. The van der Waals surface area contributed by atoms with Crippen LogP contribution in [0.5, 0.6) is 0 Å². The Hall–Kier alpha value is 0.590. The molecule has 0 heterocycles. The molecule has 0 radical (unpaired) electrons. The first kappa shape index (κ1) is 37.6. The van der Waals surface area contributed by atoms with Gasteiger partial charge in [-0.05, 0) is 19.3 Å². The fraction of sp³-hybridized carbons (Fsp3) is 0.968. The third-order valence-electron chi connectivity index (χ3n) is 7.59. The summed E-state index contributed by atoms with van der Waals surface area (Å²) in [6.07, 6.45) is 38.6. The second-order valence-corrected chi connectivity index (χ2v) is 14.5. The van der Waals surface area contributed by atoms with Crippen molar-refractivity contribution in [2.24, 2.45) is 0 Å². The molecule has 6 heteroatoms. The van der Waals surface area contributed by atoms with Crippen LogP contribution in [0.15, 0.2) is 0 Å². The van der Waals surface area contributed by atoms with Gasteiger partial charge in [0, 0.05) is 10.4 Å². The number of unbranched alkanes of at least 4 members (excludes halogenated alkanes) is 27. The molecule has 37 heavy (non-hydrogen) atoms. The second kappa shape index (κ2) is 29.6. The molecule has 0 amide bonds. The van der Waals surface area contributed by atoms with Crippen LogP contribution in [0.4, 0.5) is 0 Å². The van der Waals surface area contributed by atoms with E-state index in [-0.39, 0.29) is 6.16 Å². The zero-order valence-electron chi connectivity index (χ0n) is 24.3. The minimum atomic E-state index is -3.77. The van der Waals surface area contributed by atoms with Gasteiger partial charge in [-0.2, -0.15) is 0 Å². The Morgan fingerprint density at radius 1 is 0.432 bits per heavy atom. The molecule has 0 aromatic heterocycles. The Balaban J connectivity index is 3.05. The standard InChI is InChI=1S/C31H63O3PS2/c32-35(33,34)30-28-26-24-22-20-18-16-14-12-10-8-6-4-2-1-3-5-7-9-11-13-15-17-19-21-23-25-27-29-31(36)37/h1-30H2,(H,36,37)(H2,32,33,34). The molecule has 0 saturated heterocycles. The highest BCUT2D eigenvalue weighted by atomic mass is 32.1. The minimum Gasteiger partial charge on any atom is -0.324 e. The highest BCUT2D eigenvalue weighted by Gasteiger charge is 2.10. The van der Waals surface area contributed by atoms with Crippen LogP contribution >= 0.6 is 32.4 Å². The number of hydrogen-bond donors (Lipinski definition) is 3. The summed E-state index contributed by atoms with van der Waals surface area (Å²) in [7, 11) is -3.77. The summed E-state index contributed by atoms with van der Waals surface area (Å²) >= 11 is 9.18. The van der Waals surface area contributed by atoms with Gasteiger partial charge in [0.05, 0.1) is 0 Å². The van der Waals surface area contributed by atoms with E-state index in [9.17, 15) is 4.57 Å². The lowest BCUT2D eigenvalue weighted by atomic mass is 10.0. The van der Waals surface area contributed by atoms with Crippen molar-refractivity contribution in [1.29, 1.82) is 0 Å². The summed E-state index contributed by atoms with van der Waals surface area (Å²) in [5.74, 6) is 0. The van der Waals surface area contributed by atoms with Crippen LogP contribution in [0.1, 0.15) is 186 Å². The van der Waals surface area contributed by atoms with E-state index in [0.29, 0.717) is 6.42 Å². The zero-order valence-corrected chi connectivity index (χ0v) is 26.9. The molecule has 0 bridgehead atoms. The fourth-order valence-corrected chi connectivity index (χ4v) is 6.13. The van der Waals surface area contributed by atoms with E-state index in [4.69, 9.17) is 22.0 Å². The molecule has 0 aliphatic carbocycles. The number of thiol groups is 1. The van der Waals surface area contributed by atoms with Gasteiger partial charge in [0.15, 0.2) is 0 Å². The van der Waals surface area contributed by atoms with E-state index in [1.165, 1.54) is 161 Å². The van der Waals surface area contributed by atoms with Crippen LogP contribution in [0.25, 0.3) is 0 Å². The first-order valence-corrected chi connectivity index (χ1v) is 18.8. The van der Waals surface area contributed by atoms with Crippen LogP contribution in [0, 0.1) is 0 Å². The summed E-state index contributed by atoms with van der Waals surface area (Å²) in [6.45, 7) is 0. The van der Waals surface area contributed by atoms with Crippen molar-refractivity contribution in [1.82, 2.24) is 0 Å². The third-order valence-corrected chi connectivity index (χ3v) is 8.92. The van der Waals surface area contributed by atoms with Gasteiger partial charge in [0.1, 0.15) is 0 Å². The maximum atomic E-state index is 10.8. The van der Waals surface area contributed by atoms with E-state index in [1.54, 1.807) is 0 Å². The fourth-order valence-electron chi connectivity index (χ4n) is 5.19. The monoisotopic (exact) mass is 578 g/mol. The van der Waals surface area contributed by atoms with E-state index in [1.807, 2.05) is 0 Å². The van der Waals surface area contributed by atoms with Crippen LogP contribution < -0.4 is 0 Å². The van der Waals surface area contributed by atoms with Crippen molar-refractivity contribution < 1.29 is 14.4 Å². The van der Waals surface area contributed by atoms with Crippen LogP contribution in [0.3, 0.4) is 0 Å². The van der Waals surface area contributed by atoms with Gasteiger partial charge in [-0.1, -0.05) is 179 Å². The van der Waals surface area contributed by atoms with Crippen molar-refractivity contribution in [2.45, 2.75) is 186 Å². The molecule has 0 aromatic rings. The van der Waals surface area contributed by atoms with E-state index in [0.717, 1.165) is 23.5 Å². The predicted octanol–water partition coefficient (Wildman–Crippen LogP) is 11.7. The summed E-state index contributed by atoms with van der Waals surface area (Å²) < 4.78 is 11.7. The lowest BCUT2D eigenvalue weighted by Gasteiger charge is -2.05. The van der Waals surface area contributed by atoms with Gasteiger partial charge in [-0.3, -0.25) is 4.57 Å². The van der Waals surface area contributed by atoms with Crippen molar-refractivity contribution in [3.05, 3.63) is 0 Å². The van der Waals surface area contributed by atoms with Crippen molar-refractivity contribution >= 4 is 36.6 Å². The summed E-state index contributed by atoms with van der Waals surface area (Å²) in [5, 5.41) is 0. The Kier molecular flexibility index (Phi) is 30.0. The Bertz CT molecular complexity index is 525. The number of thiocarbonyl (C=S) groups is 1. The highest BCUT2D eigenvalue weighted by Crippen LogP contribution is 2.35. The molecular formula is C31H63O3PS2. The van der Waals surface area contributed by atoms with Crippen LogP contribution in [-0.2, 0) is 4.57 Å². The van der Waals surface area contributed by atoms with E-state index < -0.39 is 7.60 Å². The van der Waals surface area contributed by atoms with Crippen LogP contribution in [0.2, 0.25) is 0 Å². The summed E-state index contributed by atoms with van der Waals surface area (Å²) in [6, 6.07) is 0. The lowest BCUT2D eigenvalue weighted by molar-refractivity contribution is 0.370. The minimum absolute atomic E-state index is 0.0585. The first-order valence-electron chi connectivity index (χ1n) is 16.2. The summed E-state index contributed by atoms with van der Waals surface area (Å²) in [5.41, 5.74) is 0. The Morgan fingerprint density at radius 3 is 0.811 bits per heavy atom. The topological polar surface area (TPSA) is 57.5 Å². The maximum absolute atomic E-state index is 10.8. The maximum Gasteiger partial charge on any atom is 0.325 e. The van der Waals surface area contributed by atoms with Gasteiger partial charge >= 0.3 is 7.60 Å². The van der Waals surface area contributed by atoms with Crippen molar-refractivity contribution in [2.75, 3.05) is 6.16 Å². The predicted molar refractivity (Wildman–Crippen MR) is 172 cm³/mol. The van der Waals surface area contributed by atoms with Crippen molar-refractivity contribution in [3.8, 4) is 0 Å². The van der Waals surface area contributed by atoms with E-state index in [2.05, 4.69) is 12.6 Å². The highest BCUT2D eigenvalue weighted by molar-refractivity contribution is 8.11. The average Bonchev–Trinajstić information content (AvgIpc) is 2.84. The molecule has 0 aromatic carbocycles. The smallest absolute Gasteiger partial charge is 0.324 e. The summed E-state index contributed by atoms with van der Waals surface area (Å²) in [4.78, 5) is 17.7. The quantitative estimate of drug-likeness (QED) is 0.0331. The average molecular weight is 579 g/mol. The molecule has 222 valence electrons. The molecule has 0 unspecified atom stereocenters. The molecule has 0 saturated carbocycles. The van der Waals surface area contributed by atoms with Gasteiger partial charge in [0.2, 0.25) is 0 Å². The van der Waals surface area contributed by atoms with Crippen molar-refractivity contribution in [3.63, 3.8) is 0 Å². The Morgan fingerprint density at radius 2 is 0.622 bits per heavy atom. The van der Waals surface area contributed by atoms with Gasteiger partial charge in [-0.15, -0.1) is 12.6 Å². The zero-order chi connectivity index (χ0) is 27.3. The largest absolute Gasteiger partial charge is 0.325 e. The molecule has 0 aliphatic heterocycles. The molecule has 2 N–H and O–H groups in total. The molecule has 0 rings (SSSR count). The van der Waals surface area contributed by atoms with Gasteiger partial charge in [-0.25, -0.2) is 0 Å². The van der Waals surface area contributed by atoms with E-state index >= 15 is 0 Å². The molecule has 3 nitrogen and oxygen atoms in total. The second-order valence-electron chi connectivity index (χ2n) is 11.4.